The zero-order chi connectivity index (χ0) is 27.7. The molecule has 2 aromatic heterocycles. The molecular weight excluding hydrogens is 577 g/mol. The fourth-order valence-electron chi connectivity index (χ4n) is 4.50. The van der Waals surface area contributed by atoms with Gasteiger partial charge in [0.15, 0.2) is 0 Å². The lowest BCUT2D eigenvalue weighted by Crippen LogP contribution is -2.47. The number of aromatic nitrogens is 1. The Morgan fingerprint density at radius 3 is 2.46 bits per heavy atom. The predicted octanol–water partition coefficient (Wildman–Crippen LogP) is 5.97. The number of piperazine rings is 1. The molecule has 1 N–H and O–H groups in total. The first kappa shape index (κ1) is 27.6. The number of halogens is 2. The first-order valence-corrected chi connectivity index (χ1v) is 15.5. The maximum Gasteiger partial charge on any atom is 0.211 e. The number of anilines is 2. The maximum absolute atomic E-state index is 11.8. The molecule has 0 bridgehead atoms. The van der Waals surface area contributed by atoms with E-state index >= 15 is 0 Å². The van der Waals surface area contributed by atoms with Crippen molar-refractivity contribution in [2.45, 2.75) is 6.54 Å². The molecule has 12 heteroatoms. The van der Waals surface area contributed by atoms with Gasteiger partial charge in [-0.15, -0.1) is 11.3 Å². The number of rotatable bonds is 7. The number of nitriles is 1. The molecule has 0 unspecified atom stereocenters. The number of nitrogens with one attached hydrogen (secondary N) is 1. The van der Waals surface area contributed by atoms with Crippen molar-refractivity contribution >= 4 is 66.2 Å². The van der Waals surface area contributed by atoms with Gasteiger partial charge in [0, 0.05) is 49.9 Å². The third-order valence-electron chi connectivity index (χ3n) is 6.61. The third kappa shape index (κ3) is 5.99. The van der Waals surface area contributed by atoms with E-state index in [9.17, 15) is 13.7 Å². The molecule has 8 nitrogen and oxygen atoms in total. The Morgan fingerprint density at radius 2 is 1.82 bits per heavy atom. The van der Waals surface area contributed by atoms with Crippen LogP contribution in [0.1, 0.15) is 11.1 Å². The van der Waals surface area contributed by atoms with E-state index in [0.29, 0.717) is 58.9 Å². The average Bonchev–Trinajstić information content (AvgIpc) is 3.35. The molecule has 3 heterocycles. The van der Waals surface area contributed by atoms with E-state index in [1.165, 1.54) is 29.0 Å². The summed E-state index contributed by atoms with van der Waals surface area (Å²) in [5.41, 5.74) is 4.55. The molecule has 1 fully saturated rings. The number of nitrogens with zero attached hydrogens (tertiary/aromatic N) is 4. The van der Waals surface area contributed by atoms with Crippen molar-refractivity contribution in [1.82, 2.24) is 14.2 Å². The van der Waals surface area contributed by atoms with Crippen molar-refractivity contribution < 1.29 is 13.2 Å². The number of hydrogen-bond donors (Lipinski definition) is 1. The van der Waals surface area contributed by atoms with E-state index in [1.807, 2.05) is 6.07 Å². The quantitative estimate of drug-likeness (QED) is 0.278. The normalized spacial score (nSPS) is 14.8. The van der Waals surface area contributed by atoms with Crippen LogP contribution in [0.25, 0.3) is 20.7 Å². The van der Waals surface area contributed by atoms with Gasteiger partial charge in [0.25, 0.3) is 0 Å². The first-order valence-electron chi connectivity index (χ1n) is 12.1. The van der Waals surface area contributed by atoms with Crippen LogP contribution in [0.3, 0.4) is 0 Å². The molecular formula is C27H25Cl2N5O3S2. The van der Waals surface area contributed by atoms with Crippen LogP contribution in [0.5, 0.6) is 5.75 Å². The minimum Gasteiger partial charge on any atom is -0.495 e. The number of thiophene rings is 1. The maximum atomic E-state index is 11.8. The number of hydrogen-bond acceptors (Lipinski definition) is 8. The van der Waals surface area contributed by atoms with Gasteiger partial charge in [-0.2, -0.15) is 9.57 Å². The lowest BCUT2D eigenvalue weighted by Gasteiger charge is -2.33. The molecule has 1 aliphatic rings. The minimum absolute atomic E-state index is 0.395. The number of sulfonamides is 1. The van der Waals surface area contributed by atoms with Crippen molar-refractivity contribution in [2.24, 2.45) is 0 Å². The van der Waals surface area contributed by atoms with Gasteiger partial charge >= 0.3 is 0 Å². The Labute approximate surface area is 241 Å². The molecule has 0 saturated carbocycles. The van der Waals surface area contributed by atoms with E-state index in [4.69, 9.17) is 27.9 Å². The smallest absolute Gasteiger partial charge is 0.211 e. The van der Waals surface area contributed by atoms with Crippen LogP contribution < -0.4 is 10.1 Å². The van der Waals surface area contributed by atoms with E-state index in [0.717, 1.165) is 32.8 Å². The molecule has 5 rings (SSSR count). The second kappa shape index (κ2) is 11.3. The summed E-state index contributed by atoms with van der Waals surface area (Å²) < 4.78 is 31.2. The van der Waals surface area contributed by atoms with Gasteiger partial charge < -0.3 is 10.1 Å². The Balaban J connectivity index is 1.38. The van der Waals surface area contributed by atoms with Gasteiger partial charge in [-0.05, 0) is 23.3 Å². The lowest BCUT2D eigenvalue weighted by atomic mass is 10.1. The first-order chi connectivity index (χ1) is 18.7. The van der Waals surface area contributed by atoms with Crippen LogP contribution >= 0.6 is 34.5 Å². The van der Waals surface area contributed by atoms with Crippen LogP contribution in [0.2, 0.25) is 10.0 Å². The Morgan fingerprint density at radius 1 is 1.10 bits per heavy atom. The topological polar surface area (TPSA) is 98.6 Å². The monoisotopic (exact) mass is 601 g/mol. The highest BCUT2D eigenvalue weighted by Gasteiger charge is 2.23. The molecule has 0 spiro atoms. The largest absolute Gasteiger partial charge is 0.495 e. The number of fused-ring (bicyclic) bond motifs is 1. The molecule has 1 saturated heterocycles. The molecule has 1 aliphatic heterocycles. The van der Waals surface area contributed by atoms with Gasteiger partial charge in [-0.25, -0.2) is 8.42 Å². The van der Waals surface area contributed by atoms with Gasteiger partial charge in [-0.1, -0.05) is 47.5 Å². The summed E-state index contributed by atoms with van der Waals surface area (Å²) in [5.74, 6) is 0.469. The molecule has 39 heavy (non-hydrogen) atoms. The zero-order valence-corrected chi connectivity index (χ0v) is 24.4. The Kier molecular flexibility index (Phi) is 8.01. The molecule has 0 aliphatic carbocycles. The summed E-state index contributed by atoms with van der Waals surface area (Å²) in [5, 5.41) is 13.9. The van der Waals surface area contributed by atoms with Gasteiger partial charge in [0.2, 0.25) is 10.0 Å². The highest BCUT2D eigenvalue weighted by Crippen LogP contribution is 2.41. The summed E-state index contributed by atoms with van der Waals surface area (Å²) in [6, 6.07) is 15.9. The molecule has 202 valence electrons. The standard InChI is InChI=1S/C27H25Cl2N5O3S2/c1-37-24-12-22(20(28)11-21(24)29)32-26-19(14-30)15-31-23-13-25(38-27(23)26)18-5-3-17(4-6-18)16-33-7-9-34(10-8-33)39(2,35)36/h3-6,11-13,15H,7-10,16H2,1-2H3,(H,31,32). The van der Waals surface area contributed by atoms with E-state index < -0.39 is 10.0 Å². The third-order valence-corrected chi connectivity index (χ3v) is 9.71. The van der Waals surface area contributed by atoms with Crippen molar-refractivity contribution in [3.63, 3.8) is 0 Å². The summed E-state index contributed by atoms with van der Waals surface area (Å²) in [4.78, 5) is 7.78. The Bertz CT molecular complexity index is 1680. The lowest BCUT2D eigenvalue weighted by molar-refractivity contribution is 0.182. The summed E-state index contributed by atoms with van der Waals surface area (Å²) in [7, 11) is -1.61. The van der Waals surface area contributed by atoms with Crippen molar-refractivity contribution in [1.29, 1.82) is 5.26 Å². The van der Waals surface area contributed by atoms with Crippen molar-refractivity contribution in [3.05, 3.63) is 69.8 Å². The summed E-state index contributed by atoms with van der Waals surface area (Å²) in [6.07, 6.45) is 2.81. The van der Waals surface area contributed by atoms with Crippen molar-refractivity contribution in [2.75, 3.05) is 44.9 Å². The summed E-state index contributed by atoms with van der Waals surface area (Å²) >= 11 is 14.2. The fraction of sp³-hybridized carbons (Fsp3) is 0.259. The minimum atomic E-state index is -3.14. The number of benzene rings is 2. The highest BCUT2D eigenvalue weighted by molar-refractivity contribution is 7.88. The predicted molar refractivity (Wildman–Crippen MR) is 158 cm³/mol. The van der Waals surface area contributed by atoms with Crippen LogP contribution in [-0.4, -0.2) is 62.2 Å². The van der Waals surface area contributed by atoms with E-state index in [1.54, 1.807) is 18.3 Å². The molecule has 0 amide bonds. The Hall–Kier alpha value is -2.91. The van der Waals surface area contributed by atoms with Crippen LogP contribution in [0, 0.1) is 11.3 Å². The van der Waals surface area contributed by atoms with E-state index in [-0.39, 0.29) is 0 Å². The molecule has 0 radical (unpaired) electrons. The van der Waals surface area contributed by atoms with Gasteiger partial charge in [-0.3, -0.25) is 9.88 Å². The summed E-state index contributed by atoms with van der Waals surface area (Å²) in [6.45, 7) is 3.20. The average molecular weight is 603 g/mol. The fourth-order valence-corrected chi connectivity index (χ4v) is 6.95. The van der Waals surface area contributed by atoms with Crippen LogP contribution in [0.4, 0.5) is 11.4 Å². The molecule has 4 aromatic rings. The number of methoxy groups -OCH3 is 1. The van der Waals surface area contributed by atoms with Gasteiger partial charge in [0.05, 0.1) is 50.6 Å². The number of ether oxygens (including phenoxy) is 1. The van der Waals surface area contributed by atoms with E-state index in [2.05, 4.69) is 45.5 Å². The second-order valence-corrected chi connectivity index (χ2v) is 13.1. The van der Waals surface area contributed by atoms with Crippen LogP contribution in [-0.2, 0) is 16.6 Å². The van der Waals surface area contributed by atoms with Gasteiger partial charge in [0.1, 0.15) is 11.8 Å². The number of pyridine rings is 1. The molecule has 2 aromatic carbocycles. The highest BCUT2D eigenvalue weighted by atomic mass is 35.5. The second-order valence-electron chi connectivity index (χ2n) is 9.21. The molecule has 0 atom stereocenters. The van der Waals surface area contributed by atoms with Crippen molar-refractivity contribution in [3.8, 4) is 22.3 Å². The SMILES string of the molecule is COc1cc(Nc2c(C#N)cnc3cc(-c4ccc(CN5CCN(S(C)(=O)=O)CC5)cc4)sc23)c(Cl)cc1Cl. The zero-order valence-electron chi connectivity index (χ0n) is 21.2. The van der Waals surface area contributed by atoms with Crippen LogP contribution in [0.15, 0.2) is 48.7 Å².